The zero-order chi connectivity index (χ0) is 11.5. The Kier molecular flexibility index (Phi) is 3.39. The van der Waals surface area contributed by atoms with E-state index in [1.165, 1.54) is 12.8 Å². The predicted molar refractivity (Wildman–Crippen MR) is 62.3 cm³/mol. The first kappa shape index (κ1) is 11.3. The van der Waals surface area contributed by atoms with E-state index in [-0.39, 0.29) is 6.10 Å². The quantitative estimate of drug-likeness (QED) is 0.842. The van der Waals surface area contributed by atoms with Crippen molar-refractivity contribution in [3.05, 3.63) is 17.6 Å². The van der Waals surface area contributed by atoms with Crippen molar-refractivity contribution in [1.29, 1.82) is 0 Å². The fraction of sp³-hybridized carbons (Fsp3) is 0.667. The molecule has 4 nitrogen and oxygen atoms in total. The van der Waals surface area contributed by atoms with Gasteiger partial charge >= 0.3 is 0 Å². The molecule has 2 N–H and O–H groups in total. The van der Waals surface area contributed by atoms with Crippen LogP contribution in [0.3, 0.4) is 0 Å². The van der Waals surface area contributed by atoms with E-state index in [0.29, 0.717) is 18.3 Å². The highest BCUT2D eigenvalue weighted by Gasteiger charge is 2.28. The highest BCUT2D eigenvalue weighted by Crippen LogP contribution is 2.28. The molecule has 1 aliphatic carbocycles. The molecule has 1 aliphatic rings. The molecule has 16 heavy (non-hydrogen) atoms. The van der Waals surface area contributed by atoms with Gasteiger partial charge in [0.15, 0.2) is 0 Å². The van der Waals surface area contributed by atoms with Crippen LogP contribution in [0.15, 0.2) is 6.07 Å². The van der Waals surface area contributed by atoms with E-state index in [4.69, 9.17) is 10.5 Å². The summed E-state index contributed by atoms with van der Waals surface area (Å²) in [5, 5.41) is 0. The molecule has 0 amide bonds. The summed E-state index contributed by atoms with van der Waals surface area (Å²) in [6.07, 6.45) is 3.70. The molecular weight excluding hydrogens is 202 g/mol. The minimum atomic E-state index is 0.235. The second-order valence-corrected chi connectivity index (χ2v) is 4.48. The molecule has 0 bridgehead atoms. The Labute approximate surface area is 96.2 Å². The molecule has 1 aromatic rings. The third-order valence-electron chi connectivity index (χ3n) is 3.11. The molecule has 2 unspecified atom stereocenters. The van der Waals surface area contributed by atoms with Gasteiger partial charge in [-0.2, -0.15) is 4.98 Å². The maximum atomic E-state index is 5.91. The normalized spacial score (nSPS) is 24.7. The summed E-state index contributed by atoms with van der Waals surface area (Å²) < 4.78 is 5.91. The van der Waals surface area contributed by atoms with Crippen LogP contribution in [0.4, 0.5) is 0 Å². The van der Waals surface area contributed by atoms with Crippen LogP contribution in [0, 0.1) is 19.8 Å². The van der Waals surface area contributed by atoms with Gasteiger partial charge in [-0.25, -0.2) is 4.98 Å². The highest BCUT2D eigenvalue weighted by molar-refractivity contribution is 5.15. The van der Waals surface area contributed by atoms with Crippen LogP contribution < -0.4 is 10.5 Å². The van der Waals surface area contributed by atoms with Gasteiger partial charge in [0, 0.05) is 17.7 Å². The number of nitrogens with zero attached hydrogens (tertiary/aromatic N) is 2. The van der Waals surface area contributed by atoms with Gasteiger partial charge in [-0.3, -0.25) is 0 Å². The molecule has 2 rings (SSSR count). The zero-order valence-corrected chi connectivity index (χ0v) is 9.94. The number of hydrogen-bond donors (Lipinski definition) is 1. The molecule has 1 aromatic heterocycles. The van der Waals surface area contributed by atoms with Crippen LogP contribution in [0.25, 0.3) is 0 Å². The van der Waals surface area contributed by atoms with E-state index < -0.39 is 0 Å². The third kappa shape index (κ3) is 2.50. The molecule has 1 fully saturated rings. The van der Waals surface area contributed by atoms with Crippen molar-refractivity contribution in [2.45, 2.75) is 39.2 Å². The molecule has 1 heterocycles. The van der Waals surface area contributed by atoms with Crippen molar-refractivity contribution in [2.75, 3.05) is 6.54 Å². The molecule has 1 saturated carbocycles. The van der Waals surface area contributed by atoms with E-state index in [0.717, 1.165) is 17.9 Å². The van der Waals surface area contributed by atoms with Crippen LogP contribution in [-0.2, 0) is 0 Å². The summed E-state index contributed by atoms with van der Waals surface area (Å²) in [6.45, 7) is 4.54. The third-order valence-corrected chi connectivity index (χ3v) is 3.11. The Morgan fingerprint density at radius 1 is 1.38 bits per heavy atom. The average molecular weight is 221 g/mol. The Balaban J connectivity index is 2.08. The van der Waals surface area contributed by atoms with Crippen molar-refractivity contribution in [3.8, 4) is 5.88 Å². The second kappa shape index (κ2) is 4.78. The number of aromatic nitrogens is 2. The molecular formula is C12H19N3O. The van der Waals surface area contributed by atoms with Crippen LogP contribution >= 0.6 is 0 Å². The van der Waals surface area contributed by atoms with Crippen molar-refractivity contribution >= 4 is 0 Å². The smallest absolute Gasteiger partial charge is 0.217 e. The monoisotopic (exact) mass is 221 g/mol. The highest BCUT2D eigenvalue weighted by atomic mass is 16.5. The fourth-order valence-corrected chi connectivity index (χ4v) is 2.33. The van der Waals surface area contributed by atoms with Crippen LogP contribution in [0.5, 0.6) is 5.88 Å². The van der Waals surface area contributed by atoms with E-state index in [1.54, 1.807) is 0 Å². The zero-order valence-electron chi connectivity index (χ0n) is 9.94. The molecule has 2 atom stereocenters. The van der Waals surface area contributed by atoms with Gasteiger partial charge in [0.05, 0.1) is 0 Å². The van der Waals surface area contributed by atoms with Crippen LogP contribution in [-0.4, -0.2) is 22.6 Å². The lowest BCUT2D eigenvalue weighted by Crippen LogP contribution is -2.28. The standard InChI is InChI=1S/C12H19N3O/c1-8-6-12(15-9(2)14-8)16-11-5-3-4-10(11)7-13/h6,10-11H,3-5,7,13H2,1-2H3. The van der Waals surface area contributed by atoms with Gasteiger partial charge in [-0.15, -0.1) is 0 Å². The minimum absolute atomic E-state index is 0.235. The fourth-order valence-electron chi connectivity index (χ4n) is 2.33. The van der Waals surface area contributed by atoms with Gasteiger partial charge < -0.3 is 10.5 Å². The van der Waals surface area contributed by atoms with Gasteiger partial charge in [-0.05, 0) is 39.7 Å². The van der Waals surface area contributed by atoms with E-state index in [2.05, 4.69) is 9.97 Å². The summed E-state index contributed by atoms with van der Waals surface area (Å²) in [5.74, 6) is 1.93. The Morgan fingerprint density at radius 2 is 2.19 bits per heavy atom. The summed E-state index contributed by atoms with van der Waals surface area (Å²) >= 11 is 0. The molecule has 0 spiro atoms. The average Bonchev–Trinajstić information content (AvgIpc) is 2.63. The topological polar surface area (TPSA) is 61.0 Å². The number of ether oxygens (including phenoxy) is 1. The molecule has 0 aliphatic heterocycles. The first-order chi connectivity index (χ1) is 7.69. The summed E-state index contributed by atoms with van der Waals surface area (Å²) in [5.41, 5.74) is 6.67. The second-order valence-electron chi connectivity index (χ2n) is 4.48. The number of hydrogen-bond acceptors (Lipinski definition) is 4. The largest absolute Gasteiger partial charge is 0.474 e. The lowest BCUT2D eigenvalue weighted by molar-refractivity contribution is 0.155. The summed E-state index contributed by atoms with van der Waals surface area (Å²) in [7, 11) is 0. The molecule has 0 saturated heterocycles. The van der Waals surface area contributed by atoms with Gasteiger partial charge in [0.25, 0.3) is 0 Å². The van der Waals surface area contributed by atoms with E-state index in [1.807, 2.05) is 19.9 Å². The maximum absolute atomic E-state index is 5.91. The lowest BCUT2D eigenvalue weighted by atomic mass is 10.1. The van der Waals surface area contributed by atoms with Crippen molar-refractivity contribution in [2.24, 2.45) is 11.7 Å². The van der Waals surface area contributed by atoms with Gasteiger partial charge in [0.2, 0.25) is 5.88 Å². The van der Waals surface area contributed by atoms with Crippen molar-refractivity contribution in [3.63, 3.8) is 0 Å². The Bertz CT molecular complexity index is 347. The lowest BCUT2D eigenvalue weighted by Gasteiger charge is -2.19. The summed E-state index contributed by atoms with van der Waals surface area (Å²) in [6, 6.07) is 1.89. The molecule has 0 aromatic carbocycles. The first-order valence-electron chi connectivity index (χ1n) is 5.88. The molecule has 0 radical (unpaired) electrons. The number of aryl methyl sites for hydroxylation is 2. The van der Waals surface area contributed by atoms with E-state index >= 15 is 0 Å². The predicted octanol–water partition coefficient (Wildman–Crippen LogP) is 1.60. The molecule has 88 valence electrons. The van der Waals surface area contributed by atoms with Gasteiger partial charge in [0.1, 0.15) is 11.9 Å². The Morgan fingerprint density at radius 3 is 2.88 bits per heavy atom. The van der Waals surface area contributed by atoms with Crippen LogP contribution in [0.2, 0.25) is 0 Å². The SMILES string of the molecule is Cc1cc(OC2CCCC2CN)nc(C)n1. The first-order valence-corrected chi connectivity index (χ1v) is 5.88. The van der Waals surface area contributed by atoms with Crippen molar-refractivity contribution in [1.82, 2.24) is 9.97 Å². The van der Waals surface area contributed by atoms with E-state index in [9.17, 15) is 0 Å². The number of rotatable bonds is 3. The Hall–Kier alpha value is -1.16. The number of nitrogens with two attached hydrogens (primary N) is 1. The minimum Gasteiger partial charge on any atom is -0.474 e. The van der Waals surface area contributed by atoms with Crippen molar-refractivity contribution < 1.29 is 4.74 Å². The molecule has 4 heteroatoms. The van der Waals surface area contributed by atoms with Crippen LogP contribution in [0.1, 0.15) is 30.8 Å². The summed E-state index contributed by atoms with van der Waals surface area (Å²) in [4.78, 5) is 8.52. The van der Waals surface area contributed by atoms with Gasteiger partial charge in [-0.1, -0.05) is 0 Å². The maximum Gasteiger partial charge on any atom is 0.217 e.